The molecule has 438 valence electrons. The summed E-state index contributed by atoms with van der Waals surface area (Å²) < 4.78 is 72.8. The Morgan fingerprint density at radius 3 is 1.70 bits per heavy atom. The zero-order chi connectivity index (χ0) is 59.2. The molecule has 2 heterocycles. The Kier molecular flexibility index (Phi) is 21.6. The van der Waals surface area contributed by atoms with Gasteiger partial charge in [0.25, 0.3) is 8.32 Å². The maximum Gasteiger partial charge on any atom is 0.338 e. The van der Waals surface area contributed by atoms with Crippen LogP contribution < -0.4 is 15.1 Å². The first-order valence-corrected chi connectivity index (χ1v) is 32.3. The zero-order valence-electron chi connectivity index (χ0n) is 48.6. The van der Waals surface area contributed by atoms with E-state index in [1.807, 2.05) is 125 Å². The SMILES string of the molecule is COC(=O)[C@H]1O[C@@H](O[Si](C)(C)C(C)(C)C)[C@H](OC(=O)c2ccccc2)[C@@H](OCc2ccccc2)[C@@H]1O[C@H]1O[C@H](CO[Si](c2ccccc2)(c2ccccc2)C(C)(C)C)[C@@H](OC(=O)CCC(C)=O)[C@H](OCc2ccc(OC)cc2)[C@H]1N=[N+]=[N-]. The van der Waals surface area contributed by atoms with E-state index in [0.717, 1.165) is 15.9 Å². The summed E-state index contributed by atoms with van der Waals surface area (Å²) in [5.74, 6) is -2.05. The van der Waals surface area contributed by atoms with E-state index in [9.17, 15) is 24.7 Å². The summed E-state index contributed by atoms with van der Waals surface area (Å²) in [6.45, 7) is 17.3. The van der Waals surface area contributed by atoms with E-state index in [4.69, 9.17) is 51.5 Å². The predicted molar refractivity (Wildman–Crippen MR) is 311 cm³/mol. The first-order valence-electron chi connectivity index (χ1n) is 27.5. The third-order valence-corrected chi connectivity index (χ3v) is 24.6. The molecule has 0 bridgehead atoms. The number of hydrogen-bond acceptors (Lipinski definition) is 16. The fourth-order valence-corrected chi connectivity index (χ4v) is 15.5. The number of azide groups is 1. The molecule has 0 aliphatic carbocycles. The largest absolute Gasteiger partial charge is 0.497 e. The molecule has 18 nitrogen and oxygen atoms in total. The van der Waals surface area contributed by atoms with Gasteiger partial charge in [-0.25, -0.2) is 9.59 Å². The minimum Gasteiger partial charge on any atom is -0.497 e. The second kappa shape index (κ2) is 28.1. The van der Waals surface area contributed by atoms with Gasteiger partial charge in [0, 0.05) is 11.3 Å². The van der Waals surface area contributed by atoms with Gasteiger partial charge in [0.2, 0.25) is 0 Å². The third kappa shape index (κ3) is 15.4. The van der Waals surface area contributed by atoms with Crippen LogP contribution in [0.4, 0.5) is 0 Å². The highest BCUT2D eigenvalue weighted by Crippen LogP contribution is 2.43. The minimum absolute atomic E-state index is 0.0857. The molecule has 0 amide bonds. The van der Waals surface area contributed by atoms with Crippen LogP contribution in [-0.2, 0) is 74.3 Å². The molecule has 2 fully saturated rings. The Morgan fingerprint density at radius 2 is 1.17 bits per heavy atom. The predicted octanol–water partition coefficient (Wildman–Crippen LogP) is 9.96. The third-order valence-electron chi connectivity index (χ3n) is 15.2. The summed E-state index contributed by atoms with van der Waals surface area (Å²) in [4.78, 5) is 58.6. The van der Waals surface area contributed by atoms with Crippen molar-refractivity contribution in [3.63, 3.8) is 0 Å². The second-order valence-corrected chi connectivity index (χ2v) is 32.0. The van der Waals surface area contributed by atoms with E-state index >= 15 is 0 Å². The van der Waals surface area contributed by atoms with Crippen molar-refractivity contribution in [2.75, 3.05) is 20.8 Å². The summed E-state index contributed by atoms with van der Waals surface area (Å²) in [6, 6.07) is 43.0. The first-order chi connectivity index (χ1) is 39.1. The molecule has 2 saturated heterocycles. The summed E-state index contributed by atoms with van der Waals surface area (Å²) in [5, 5.41) is 5.20. The minimum atomic E-state index is -3.41. The van der Waals surface area contributed by atoms with Crippen LogP contribution in [0.15, 0.2) is 151 Å². The molecule has 5 aromatic rings. The van der Waals surface area contributed by atoms with Crippen molar-refractivity contribution in [2.24, 2.45) is 5.11 Å². The van der Waals surface area contributed by atoms with Gasteiger partial charge in [0.15, 0.2) is 39.2 Å². The summed E-state index contributed by atoms with van der Waals surface area (Å²) in [5.41, 5.74) is 12.2. The van der Waals surface area contributed by atoms with Crippen LogP contribution in [0.2, 0.25) is 23.2 Å². The van der Waals surface area contributed by atoms with Crippen molar-refractivity contribution in [3.8, 4) is 5.75 Å². The Morgan fingerprint density at radius 1 is 0.622 bits per heavy atom. The monoisotopic (exact) mass is 1160 g/mol. The van der Waals surface area contributed by atoms with E-state index in [2.05, 4.69) is 30.8 Å². The number of ketones is 1. The number of rotatable bonds is 24. The first kappa shape index (κ1) is 63.0. The van der Waals surface area contributed by atoms with E-state index in [0.29, 0.717) is 11.3 Å². The Hall–Kier alpha value is -6.56. The average Bonchev–Trinajstić information content (AvgIpc) is 3.44. The van der Waals surface area contributed by atoms with E-state index in [-0.39, 0.29) is 44.0 Å². The van der Waals surface area contributed by atoms with Crippen LogP contribution >= 0.6 is 0 Å². The van der Waals surface area contributed by atoms with Crippen LogP contribution in [-0.4, -0.2) is 123 Å². The smallest absolute Gasteiger partial charge is 0.338 e. The number of Topliss-reactive ketones (excluding diaryl/α,β-unsaturated/α-hetero) is 1. The van der Waals surface area contributed by atoms with Gasteiger partial charge in [-0.2, -0.15) is 0 Å². The van der Waals surface area contributed by atoms with Gasteiger partial charge in [0.1, 0.15) is 42.0 Å². The van der Waals surface area contributed by atoms with Crippen LogP contribution in [0.3, 0.4) is 0 Å². The molecule has 5 aromatic carbocycles. The van der Waals surface area contributed by atoms with Gasteiger partial charge in [-0.3, -0.25) is 4.79 Å². The molecule has 0 unspecified atom stereocenters. The molecule has 0 aromatic heterocycles. The number of ether oxygens (including phenoxy) is 9. The number of methoxy groups -OCH3 is 2. The number of hydrogen-bond donors (Lipinski definition) is 0. The summed E-state index contributed by atoms with van der Waals surface area (Å²) in [7, 11) is -3.53. The second-order valence-electron chi connectivity index (χ2n) is 22.9. The lowest BCUT2D eigenvalue weighted by atomic mass is 9.95. The molecule has 0 spiro atoms. The van der Waals surface area contributed by atoms with Crippen molar-refractivity contribution < 1.29 is 70.7 Å². The van der Waals surface area contributed by atoms with Gasteiger partial charge < -0.3 is 56.3 Å². The molecule has 20 heteroatoms. The van der Waals surface area contributed by atoms with Crippen molar-refractivity contribution in [1.29, 1.82) is 0 Å². The fourth-order valence-electron chi connectivity index (χ4n) is 9.86. The van der Waals surface area contributed by atoms with Gasteiger partial charge in [-0.05, 0) is 81.4 Å². The van der Waals surface area contributed by atoms with E-state index in [1.54, 1.807) is 61.7 Å². The number of benzene rings is 5. The lowest BCUT2D eigenvalue weighted by Crippen LogP contribution is -2.69. The van der Waals surface area contributed by atoms with Gasteiger partial charge in [0.05, 0.1) is 46.0 Å². The van der Waals surface area contributed by atoms with Crippen LogP contribution in [0.5, 0.6) is 5.75 Å². The van der Waals surface area contributed by atoms with Crippen LogP contribution in [0, 0.1) is 0 Å². The highest BCUT2D eigenvalue weighted by Gasteiger charge is 2.59. The molecular formula is C62H77N3O15Si2. The normalized spacial score (nSPS) is 23.2. The lowest BCUT2D eigenvalue weighted by Gasteiger charge is -2.50. The Bertz CT molecular complexity index is 2880. The molecule has 2 aliphatic heterocycles. The lowest BCUT2D eigenvalue weighted by molar-refractivity contribution is -0.338. The molecular weight excluding hydrogens is 1080 g/mol. The summed E-state index contributed by atoms with van der Waals surface area (Å²) >= 11 is 0. The highest BCUT2D eigenvalue weighted by molar-refractivity contribution is 6.99. The zero-order valence-corrected chi connectivity index (χ0v) is 50.6. The topological polar surface area (TPSA) is 219 Å². The molecule has 2 aliphatic rings. The van der Waals surface area contributed by atoms with Crippen molar-refractivity contribution in [1.82, 2.24) is 0 Å². The van der Waals surface area contributed by atoms with Gasteiger partial charge in [-0.15, -0.1) is 0 Å². The number of esters is 3. The maximum absolute atomic E-state index is 14.5. The highest BCUT2D eigenvalue weighted by atomic mass is 28.4. The molecule has 10 atom stereocenters. The average molecular weight is 1160 g/mol. The standard InChI is InChI=1S/C62H77N3O15Si2/c1-41(66)32-37-49(67)76-51-48(40-74-82(62(5,6)7,46-28-20-14-21-29-46)47-30-22-15-23-31-47)75-59(50(64-65-63)52(51)72-39-43-33-35-45(70-8)36-34-43)78-54-53(73-38-42-24-16-12-17-25-42)56(77-57(68)44-26-18-13-19-27-44)60(79-55(54)58(69)71-9)80-81(10,11)61(2,3)4/h12-31,33-36,48,50-56,59-60H,32,37-40H2,1-11H3/t48-,50-,51-,52-,53+,54+,55+,56-,59-,60+/m1/s1. The molecule has 82 heavy (non-hydrogen) atoms. The van der Waals surface area contributed by atoms with Crippen LogP contribution in [0.25, 0.3) is 10.4 Å². The molecule has 0 saturated carbocycles. The number of nitrogens with zero attached hydrogens (tertiary/aromatic N) is 3. The van der Waals surface area contributed by atoms with Gasteiger partial charge in [-0.1, -0.05) is 168 Å². The number of carbonyl (C=O) groups excluding carboxylic acids is 4. The fraction of sp³-hybridized carbons (Fsp3) is 0.452. The molecule has 0 radical (unpaired) electrons. The van der Waals surface area contributed by atoms with E-state index in [1.165, 1.54) is 14.0 Å². The van der Waals surface area contributed by atoms with Crippen molar-refractivity contribution in [3.05, 3.63) is 173 Å². The van der Waals surface area contributed by atoms with Crippen molar-refractivity contribution >= 4 is 50.7 Å². The summed E-state index contributed by atoms with van der Waals surface area (Å²) in [6.07, 6.45) is -13.7. The van der Waals surface area contributed by atoms with Crippen LogP contribution in [0.1, 0.15) is 82.8 Å². The maximum atomic E-state index is 14.5. The van der Waals surface area contributed by atoms with Gasteiger partial charge >= 0.3 is 17.9 Å². The number of carbonyl (C=O) groups is 4. The molecule has 0 N–H and O–H groups in total. The van der Waals surface area contributed by atoms with Crippen molar-refractivity contribution in [2.45, 2.75) is 159 Å². The quantitative estimate of drug-likeness (QED) is 0.0140. The molecule has 7 rings (SSSR count). The van der Waals surface area contributed by atoms with E-state index < -0.39 is 106 Å². The Balaban J connectivity index is 1.42. The Labute approximate surface area is 482 Å².